The number of hydrogen-bond acceptors (Lipinski definition) is 3. The van der Waals surface area contributed by atoms with Gasteiger partial charge in [-0.3, -0.25) is 14.6 Å². The molecular formula is C18H20BrN3O. The first kappa shape index (κ1) is 14.2. The molecule has 0 aliphatic carbocycles. The van der Waals surface area contributed by atoms with E-state index in [4.69, 9.17) is 0 Å². The van der Waals surface area contributed by atoms with E-state index in [1.807, 2.05) is 0 Å². The molecular weight excluding hydrogens is 354 g/mol. The van der Waals surface area contributed by atoms with Gasteiger partial charge in [0.2, 0.25) is 0 Å². The lowest BCUT2D eigenvalue weighted by Gasteiger charge is -2.64. The van der Waals surface area contributed by atoms with Gasteiger partial charge < -0.3 is 4.98 Å². The first-order valence-electron chi connectivity index (χ1n) is 8.19. The zero-order valence-corrected chi connectivity index (χ0v) is 15.0. The molecule has 5 heterocycles. The topological polar surface area (TPSA) is 39.3 Å². The second kappa shape index (κ2) is 4.26. The number of carbonyl (C=O) groups is 1. The number of ketones is 1. The Morgan fingerprint density at radius 1 is 1.13 bits per heavy atom. The first-order chi connectivity index (χ1) is 10.9. The Labute approximate surface area is 144 Å². The van der Waals surface area contributed by atoms with E-state index in [9.17, 15) is 4.79 Å². The number of rotatable bonds is 1. The third-order valence-electron chi connectivity index (χ3n) is 5.95. The van der Waals surface area contributed by atoms with Crippen molar-refractivity contribution in [3.05, 3.63) is 34.4 Å². The fraction of sp³-hybridized carbons (Fsp3) is 0.500. The zero-order chi connectivity index (χ0) is 16.0. The highest BCUT2D eigenvalue weighted by atomic mass is 79.9. The Balaban J connectivity index is 1.62. The highest BCUT2D eigenvalue weighted by molar-refractivity contribution is 9.10. The number of carbonyl (C=O) groups excluding carboxylic acids is 1. The van der Waals surface area contributed by atoms with E-state index in [0.29, 0.717) is 11.9 Å². The summed E-state index contributed by atoms with van der Waals surface area (Å²) < 4.78 is 1.09. The van der Waals surface area contributed by atoms with Crippen molar-refractivity contribution < 1.29 is 4.79 Å². The number of aromatic nitrogens is 1. The molecule has 4 aliphatic rings. The van der Waals surface area contributed by atoms with Crippen molar-refractivity contribution in [1.29, 1.82) is 0 Å². The number of benzene rings is 1. The lowest BCUT2D eigenvalue weighted by molar-refractivity contribution is -0.196. The molecule has 0 amide bonds. The Kier molecular flexibility index (Phi) is 2.63. The Morgan fingerprint density at radius 2 is 1.74 bits per heavy atom. The van der Waals surface area contributed by atoms with E-state index in [2.05, 4.69) is 69.0 Å². The van der Waals surface area contributed by atoms with Crippen molar-refractivity contribution in [3.63, 3.8) is 0 Å². The highest BCUT2D eigenvalue weighted by Crippen LogP contribution is 2.52. The lowest BCUT2D eigenvalue weighted by atomic mass is 9.62. The molecule has 120 valence electrons. The predicted molar refractivity (Wildman–Crippen MR) is 93.1 cm³/mol. The summed E-state index contributed by atoms with van der Waals surface area (Å²) in [5.74, 6) is 0.471. The third-order valence-corrected chi connectivity index (χ3v) is 6.44. The largest absolute Gasteiger partial charge is 0.361 e. The summed E-state index contributed by atoms with van der Waals surface area (Å²) in [5, 5.41) is 1.28. The maximum absolute atomic E-state index is 12.8. The molecule has 4 aliphatic heterocycles. The average molecular weight is 374 g/mol. The molecule has 23 heavy (non-hydrogen) atoms. The van der Waals surface area contributed by atoms with Gasteiger partial charge in [0.1, 0.15) is 5.78 Å². The normalized spacial score (nSPS) is 41.9. The van der Waals surface area contributed by atoms with Gasteiger partial charge >= 0.3 is 0 Å². The number of Topliss-reactive ketones (excluding diaryl/α,β-unsaturated/α-hetero) is 1. The van der Waals surface area contributed by atoms with Crippen LogP contribution in [0.5, 0.6) is 0 Å². The van der Waals surface area contributed by atoms with E-state index in [0.717, 1.165) is 30.7 Å². The minimum absolute atomic E-state index is 0.198. The molecule has 4 bridgehead atoms. The van der Waals surface area contributed by atoms with Crippen LogP contribution < -0.4 is 0 Å². The number of nitrogens with one attached hydrogen (secondary N) is 1. The molecule has 4 nitrogen and oxygen atoms in total. The molecule has 2 aromatic rings. The summed E-state index contributed by atoms with van der Waals surface area (Å²) in [6.45, 7) is 7.82. The van der Waals surface area contributed by atoms with Gasteiger partial charge in [0.25, 0.3) is 0 Å². The van der Waals surface area contributed by atoms with Crippen molar-refractivity contribution >= 4 is 32.6 Å². The predicted octanol–water partition coefficient (Wildman–Crippen LogP) is 3.16. The quantitative estimate of drug-likeness (QED) is 0.834. The van der Waals surface area contributed by atoms with Crippen LogP contribution in [0.25, 0.3) is 10.9 Å². The smallest absolute Gasteiger partial charge is 0.149 e. The third kappa shape index (κ3) is 1.76. The molecule has 6 rings (SSSR count). The van der Waals surface area contributed by atoms with Gasteiger partial charge in [-0.05, 0) is 12.1 Å². The van der Waals surface area contributed by atoms with Gasteiger partial charge in [-0.2, -0.15) is 0 Å². The molecule has 0 atom stereocenters. The van der Waals surface area contributed by atoms with Crippen LogP contribution in [0.2, 0.25) is 0 Å². The van der Waals surface area contributed by atoms with Crippen LogP contribution in [0.3, 0.4) is 0 Å². The number of H-pyrrole nitrogens is 1. The number of nitrogens with zero attached hydrogens (tertiary/aromatic N) is 2. The molecule has 0 saturated carbocycles. The minimum Gasteiger partial charge on any atom is -0.361 e. The summed E-state index contributed by atoms with van der Waals surface area (Å²) in [6.07, 6.45) is 2.44. The average Bonchev–Trinajstić information content (AvgIpc) is 2.86. The lowest BCUT2D eigenvalue weighted by Crippen LogP contribution is -2.75. The Hall–Kier alpha value is -1.17. The van der Waals surface area contributed by atoms with E-state index in [1.165, 1.54) is 16.5 Å². The van der Waals surface area contributed by atoms with Gasteiger partial charge in [-0.25, -0.2) is 0 Å². The van der Waals surface area contributed by atoms with Crippen LogP contribution in [0, 0.1) is 10.8 Å². The highest BCUT2D eigenvalue weighted by Gasteiger charge is 2.62. The summed E-state index contributed by atoms with van der Waals surface area (Å²) in [6, 6.07) is 6.42. The van der Waals surface area contributed by atoms with Crippen molar-refractivity contribution in [2.75, 3.05) is 26.2 Å². The number of piperidine rings is 2. The van der Waals surface area contributed by atoms with E-state index in [1.54, 1.807) is 0 Å². The van der Waals surface area contributed by atoms with Crippen molar-refractivity contribution in [2.45, 2.75) is 20.0 Å². The van der Waals surface area contributed by atoms with Gasteiger partial charge in [0.15, 0.2) is 0 Å². The van der Waals surface area contributed by atoms with E-state index >= 15 is 0 Å². The second-order valence-corrected chi connectivity index (χ2v) is 8.98. The molecule has 4 fully saturated rings. The number of halogens is 1. The maximum atomic E-state index is 12.8. The van der Waals surface area contributed by atoms with Crippen molar-refractivity contribution in [3.8, 4) is 0 Å². The first-order valence-corrected chi connectivity index (χ1v) is 8.99. The fourth-order valence-electron chi connectivity index (χ4n) is 5.33. The summed E-state index contributed by atoms with van der Waals surface area (Å²) in [4.78, 5) is 21.2. The monoisotopic (exact) mass is 373 g/mol. The van der Waals surface area contributed by atoms with Crippen LogP contribution >= 0.6 is 15.9 Å². The maximum Gasteiger partial charge on any atom is 0.149 e. The second-order valence-electron chi connectivity index (χ2n) is 8.07. The molecule has 0 radical (unpaired) electrons. The van der Waals surface area contributed by atoms with Crippen LogP contribution in [0.1, 0.15) is 25.6 Å². The Bertz CT molecular complexity index is 802. The molecule has 1 aromatic carbocycles. The minimum atomic E-state index is -0.198. The van der Waals surface area contributed by atoms with Crippen LogP contribution in [0.4, 0.5) is 0 Å². The van der Waals surface area contributed by atoms with Gasteiger partial charge in [-0.15, -0.1) is 0 Å². The van der Waals surface area contributed by atoms with Gasteiger partial charge in [0, 0.05) is 53.3 Å². The molecule has 1 aromatic heterocycles. The number of hydrogen-bond donors (Lipinski definition) is 1. The van der Waals surface area contributed by atoms with E-state index in [-0.39, 0.29) is 10.8 Å². The summed E-state index contributed by atoms with van der Waals surface area (Å²) >= 11 is 3.54. The number of aromatic amines is 1. The summed E-state index contributed by atoms with van der Waals surface area (Å²) in [7, 11) is 0. The van der Waals surface area contributed by atoms with Gasteiger partial charge in [-0.1, -0.05) is 35.8 Å². The Morgan fingerprint density at radius 3 is 2.35 bits per heavy atom. The van der Waals surface area contributed by atoms with Gasteiger partial charge in [0.05, 0.1) is 17.0 Å². The van der Waals surface area contributed by atoms with Crippen LogP contribution in [-0.2, 0) is 4.79 Å². The van der Waals surface area contributed by atoms with E-state index < -0.39 is 0 Å². The number of fused-ring (bicyclic) bond motifs is 1. The standard InChI is InChI=1S/C18H20BrN3O/c1-17-7-21-9-18(2,16(17)23)10-22(8-17)15(21)13-6-20-14-5-11(19)3-4-12(13)14/h3-6,15,20H,7-10H2,1-2H3. The van der Waals surface area contributed by atoms with Crippen LogP contribution in [0.15, 0.2) is 28.9 Å². The van der Waals surface area contributed by atoms with Crippen LogP contribution in [-0.4, -0.2) is 46.7 Å². The fourth-order valence-corrected chi connectivity index (χ4v) is 5.69. The van der Waals surface area contributed by atoms with Crippen molar-refractivity contribution in [1.82, 2.24) is 14.8 Å². The molecule has 0 unspecified atom stereocenters. The SMILES string of the molecule is CC12CN3CC(C)(CN(C1)C3c1c[nH]c3cc(Br)ccc13)C2=O. The zero-order valence-electron chi connectivity index (χ0n) is 13.4. The molecule has 5 heteroatoms. The molecule has 1 N–H and O–H groups in total. The molecule has 0 spiro atoms. The summed E-state index contributed by atoms with van der Waals surface area (Å²) in [5.41, 5.74) is 2.11. The van der Waals surface area contributed by atoms with Crippen molar-refractivity contribution in [2.24, 2.45) is 10.8 Å². The molecule has 4 saturated heterocycles.